The van der Waals surface area contributed by atoms with E-state index >= 15 is 0 Å². The Bertz CT molecular complexity index is 290. The lowest BCUT2D eigenvalue weighted by molar-refractivity contribution is -0.186. The summed E-state index contributed by atoms with van der Waals surface area (Å²) in [6.07, 6.45) is 7.17. The Morgan fingerprint density at radius 3 is 1.90 bits per heavy atom. The van der Waals surface area contributed by atoms with Gasteiger partial charge in [0.15, 0.2) is 12.6 Å². The van der Waals surface area contributed by atoms with Crippen LogP contribution in [0.1, 0.15) is 32.6 Å². The Hall–Kier alpha value is -0.680. The third-order valence-electron chi connectivity index (χ3n) is 3.73. The number of hydrogen-bond donors (Lipinski definition) is 0. The third kappa shape index (κ3) is 3.92. The van der Waals surface area contributed by atoms with Crippen LogP contribution >= 0.6 is 0 Å². The van der Waals surface area contributed by atoms with E-state index in [2.05, 4.69) is 20.1 Å². The molecule has 2 rings (SSSR count). The summed E-state index contributed by atoms with van der Waals surface area (Å²) in [5.74, 6) is 0.129. The Balaban J connectivity index is 1.90. The van der Waals surface area contributed by atoms with Crippen LogP contribution in [0.3, 0.4) is 0 Å². The van der Waals surface area contributed by atoms with Gasteiger partial charge < -0.3 is 18.9 Å². The third-order valence-corrected chi connectivity index (χ3v) is 3.73. The number of rotatable bonds is 8. The second-order valence-corrected chi connectivity index (χ2v) is 5.42. The highest BCUT2D eigenvalue weighted by Gasteiger charge is 2.40. The van der Waals surface area contributed by atoms with E-state index in [1.165, 1.54) is 0 Å². The maximum absolute atomic E-state index is 5.95. The van der Waals surface area contributed by atoms with Gasteiger partial charge in [-0.25, -0.2) is 0 Å². The first-order valence-corrected chi connectivity index (χ1v) is 7.54. The van der Waals surface area contributed by atoms with Gasteiger partial charge in [0.1, 0.15) is 0 Å². The molecule has 2 saturated heterocycles. The van der Waals surface area contributed by atoms with E-state index < -0.39 is 0 Å². The van der Waals surface area contributed by atoms with Crippen molar-refractivity contribution in [2.75, 3.05) is 13.2 Å². The van der Waals surface area contributed by atoms with Gasteiger partial charge in [0, 0.05) is 0 Å². The molecule has 2 heterocycles. The Labute approximate surface area is 121 Å². The second-order valence-electron chi connectivity index (χ2n) is 5.42. The molecule has 0 aromatic heterocycles. The van der Waals surface area contributed by atoms with Crippen LogP contribution in [0.25, 0.3) is 0 Å². The predicted octanol–water partition coefficient (Wildman–Crippen LogP) is 3.04. The van der Waals surface area contributed by atoms with Crippen LogP contribution in [0.5, 0.6) is 0 Å². The van der Waals surface area contributed by atoms with Crippen molar-refractivity contribution < 1.29 is 18.9 Å². The van der Waals surface area contributed by atoms with Gasteiger partial charge in [-0.1, -0.05) is 25.5 Å². The van der Waals surface area contributed by atoms with Crippen molar-refractivity contribution in [3.63, 3.8) is 0 Å². The molecule has 0 saturated carbocycles. The van der Waals surface area contributed by atoms with Crippen molar-refractivity contribution in [2.45, 2.75) is 57.4 Å². The van der Waals surface area contributed by atoms with Crippen molar-refractivity contribution in [1.82, 2.24) is 0 Å². The van der Waals surface area contributed by atoms with Crippen LogP contribution in [-0.4, -0.2) is 38.0 Å². The molecule has 4 heteroatoms. The van der Waals surface area contributed by atoms with Gasteiger partial charge in [-0.3, -0.25) is 0 Å². The molecule has 114 valence electrons. The van der Waals surface area contributed by atoms with E-state index in [4.69, 9.17) is 18.9 Å². The van der Waals surface area contributed by atoms with Crippen LogP contribution in [0.4, 0.5) is 0 Å². The van der Waals surface area contributed by atoms with Crippen LogP contribution in [0.15, 0.2) is 25.3 Å². The molecule has 0 radical (unpaired) electrons. The first kappa shape index (κ1) is 15.7. The summed E-state index contributed by atoms with van der Waals surface area (Å²) in [4.78, 5) is 0. The molecule has 4 unspecified atom stereocenters. The smallest absolute Gasteiger partial charge is 0.165 e. The molecule has 20 heavy (non-hydrogen) atoms. The largest absolute Gasteiger partial charge is 0.349 e. The summed E-state index contributed by atoms with van der Waals surface area (Å²) >= 11 is 0. The van der Waals surface area contributed by atoms with E-state index in [9.17, 15) is 0 Å². The van der Waals surface area contributed by atoms with Crippen molar-refractivity contribution >= 4 is 0 Å². The minimum Gasteiger partial charge on any atom is -0.349 e. The van der Waals surface area contributed by atoms with E-state index in [0.29, 0.717) is 13.2 Å². The van der Waals surface area contributed by atoms with Gasteiger partial charge >= 0.3 is 0 Å². The number of hydrogen-bond acceptors (Lipinski definition) is 4. The van der Waals surface area contributed by atoms with Crippen molar-refractivity contribution in [2.24, 2.45) is 5.92 Å². The average molecular weight is 282 g/mol. The molecule has 0 aliphatic carbocycles. The number of ether oxygens (including phenoxy) is 4. The lowest BCUT2D eigenvalue weighted by atomic mass is 10.0. The van der Waals surface area contributed by atoms with Crippen LogP contribution in [0.2, 0.25) is 0 Å². The van der Waals surface area contributed by atoms with E-state index in [0.717, 1.165) is 25.7 Å². The van der Waals surface area contributed by atoms with Crippen molar-refractivity contribution in [3.8, 4) is 0 Å². The topological polar surface area (TPSA) is 36.9 Å². The van der Waals surface area contributed by atoms with E-state index in [-0.39, 0.29) is 30.7 Å². The minimum atomic E-state index is -0.229. The molecule has 0 amide bonds. The molecule has 0 aromatic carbocycles. The Morgan fingerprint density at radius 1 is 1.00 bits per heavy atom. The molecular formula is C16H26O4. The predicted molar refractivity (Wildman–Crippen MR) is 77.3 cm³/mol. The molecule has 0 bridgehead atoms. The zero-order valence-electron chi connectivity index (χ0n) is 12.3. The molecule has 2 aliphatic heterocycles. The van der Waals surface area contributed by atoms with Crippen molar-refractivity contribution in [3.05, 3.63) is 25.3 Å². The minimum absolute atomic E-state index is 0.113. The molecule has 0 spiro atoms. The highest BCUT2D eigenvalue weighted by atomic mass is 16.7. The quantitative estimate of drug-likeness (QED) is 0.641. The summed E-state index contributed by atoms with van der Waals surface area (Å²) in [6, 6.07) is 0. The van der Waals surface area contributed by atoms with Gasteiger partial charge in [0.2, 0.25) is 0 Å². The maximum Gasteiger partial charge on any atom is 0.165 e. The van der Waals surface area contributed by atoms with E-state index in [1.807, 2.05) is 12.2 Å². The Kier molecular flexibility index (Phi) is 6.23. The first-order chi connectivity index (χ1) is 9.78. The second kappa shape index (κ2) is 7.93. The molecule has 0 N–H and O–H groups in total. The van der Waals surface area contributed by atoms with Gasteiger partial charge in [0.05, 0.1) is 31.3 Å². The fourth-order valence-corrected chi connectivity index (χ4v) is 2.74. The molecule has 4 atom stereocenters. The normalized spacial score (nSPS) is 35.0. The highest BCUT2D eigenvalue weighted by Crippen LogP contribution is 2.32. The summed E-state index contributed by atoms with van der Waals surface area (Å²) < 4.78 is 23.5. The molecule has 2 fully saturated rings. The maximum atomic E-state index is 5.95. The fraction of sp³-hybridized carbons (Fsp3) is 0.750. The standard InChI is InChI=1S/C16H26O4/c1-4-7-12-10-17-15(19-12)14(9-6-3)16-18-11-13(20-16)8-5-2/h4-5,12-16H,1-2,6-11H2,3H3. The SMILES string of the molecule is C=CCC1COC(C(CCC)C2OCC(CC=C)O2)O1. The van der Waals surface area contributed by atoms with Gasteiger partial charge in [0.25, 0.3) is 0 Å². The summed E-state index contributed by atoms with van der Waals surface area (Å²) in [5.41, 5.74) is 0. The highest BCUT2D eigenvalue weighted by molar-refractivity contribution is 4.83. The first-order valence-electron chi connectivity index (χ1n) is 7.54. The molecule has 4 nitrogen and oxygen atoms in total. The lowest BCUT2D eigenvalue weighted by Gasteiger charge is -2.26. The Morgan fingerprint density at radius 2 is 1.50 bits per heavy atom. The van der Waals surface area contributed by atoms with Crippen LogP contribution < -0.4 is 0 Å². The van der Waals surface area contributed by atoms with Gasteiger partial charge in [-0.15, -0.1) is 13.2 Å². The summed E-state index contributed by atoms with van der Waals surface area (Å²) in [7, 11) is 0. The zero-order valence-corrected chi connectivity index (χ0v) is 12.3. The molecule has 0 aromatic rings. The average Bonchev–Trinajstić information content (AvgIpc) is 3.07. The fourth-order valence-electron chi connectivity index (χ4n) is 2.74. The zero-order chi connectivity index (χ0) is 14.4. The molecule has 2 aliphatic rings. The van der Waals surface area contributed by atoms with Crippen LogP contribution in [0, 0.1) is 5.92 Å². The van der Waals surface area contributed by atoms with Gasteiger partial charge in [-0.05, 0) is 19.3 Å². The summed E-state index contributed by atoms with van der Waals surface area (Å²) in [6.45, 7) is 10.9. The monoisotopic (exact) mass is 282 g/mol. The van der Waals surface area contributed by atoms with Crippen molar-refractivity contribution in [1.29, 1.82) is 0 Å². The summed E-state index contributed by atoms with van der Waals surface area (Å²) in [5, 5.41) is 0. The molecular weight excluding hydrogens is 256 g/mol. The van der Waals surface area contributed by atoms with E-state index in [1.54, 1.807) is 0 Å². The van der Waals surface area contributed by atoms with Crippen LogP contribution in [-0.2, 0) is 18.9 Å². The lowest BCUT2D eigenvalue weighted by Crippen LogP contribution is -2.34. The van der Waals surface area contributed by atoms with Gasteiger partial charge in [-0.2, -0.15) is 0 Å².